The number of rotatable bonds is 3. The van der Waals surface area contributed by atoms with Crippen molar-refractivity contribution in [2.24, 2.45) is 11.7 Å². The monoisotopic (exact) mass is 182 g/mol. The Kier molecular flexibility index (Phi) is 3.18. The summed E-state index contributed by atoms with van der Waals surface area (Å²) in [5.41, 5.74) is 1.06. The SMILES string of the molecule is NN([O-])Cc1ccc(N(N)[O-])cc1. The average molecular weight is 182 g/mol. The second-order valence-corrected chi connectivity index (χ2v) is 2.57. The molecule has 0 unspecified atom stereocenters. The van der Waals surface area contributed by atoms with E-state index in [0.717, 1.165) is 5.56 Å². The van der Waals surface area contributed by atoms with Crippen molar-refractivity contribution >= 4 is 5.69 Å². The lowest BCUT2D eigenvalue weighted by Gasteiger charge is -2.25. The zero-order valence-electron chi connectivity index (χ0n) is 6.88. The number of nitrogens with zero attached hydrogens (tertiary/aromatic N) is 2. The van der Waals surface area contributed by atoms with Crippen LogP contribution in [0.2, 0.25) is 0 Å². The van der Waals surface area contributed by atoms with E-state index >= 15 is 0 Å². The molecule has 0 heterocycles. The molecule has 0 atom stereocenters. The van der Waals surface area contributed by atoms with Crippen molar-refractivity contribution in [1.29, 1.82) is 0 Å². The molecule has 1 rings (SSSR count). The molecule has 0 spiro atoms. The molecular weight excluding hydrogens is 172 g/mol. The van der Waals surface area contributed by atoms with Gasteiger partial charge in [0, 0.05) is 12.2 Å². The molecule has 72 valence electrons. The third kappa shape index (κ3) is 2.98. The van der Waals surface area contributed by atoms with E-state index in [9.17, 15) is 10.4 Å². The molecule has 0 aliphatic carbocycles. The van der Waals surface area contributed by atoms with Crippen molar-refractivity contribution in [3.63, 3.8) is 0 Å². The normalized spacial score (nSPS) is 10.5. The summed E-state index contributed by atoms with van der Waals surface area (Å²) in [5.74, 6) is 9.85. The molecule has 4 N–H and O–H groups in total. The minimum Gasteiger partial charge on any atom is -0.772 e. The zero-order chi connectivity index (χ0) is 9.84. The first kappa shape index (κ1) is 9.90. The topological polar surface area (TPSA) is 105 Å². The van der Waals surface area contributed by atoms with Gasteiger partial charge in [0.1, 0.15) is 0 Å². The molecule has 0 radical (unpaired) electrons. The summed E-state index contributed by atoms with van der Waals surface area (Å²) < 4.78 is 0. The van der Waals surface area contributed by atoms with Crippen LogP contribution < -0.4 is 16.9 Å². The first-order chi connectivity index (χ1) is 6.09. The van der Waals surface area contributed by atoms with Gasteiger partial charge in [0.05, 0.1) is 0 Å². The first-order valence-electron chi connectivity index (χ1n) is 3.60. The van der Waals surface area contributed by atoms with E-state index in [-0.39, 0.29) is 11.7 Å². The van der Waals surface area contributed by atoms with Crippen LogP contribution in [0.5, 0.6) is 0 Å². The maximum absolute atomic E-state index is 10.6. The van der Waals surface area contributed by atoms with Gasteiger partial charge in [-0.15, -0.1) is 0 Å². The maximum atomic E-state index is 10.6. The standard InChI is InChI=1S/C7H10N4O2/c8-10(12)5-6-1-3-7(4-2-6)11(9)13/h1-4H,5,8-9H2/q-2. The summed E-state index contributed by atoms with van der Waals surface area (Å²) in [6.07, 6.45) is 0. The largest absolute Gasteiger partial charge is 0.772 e. The minimum atomic E-state index is 0.0870. The average Bonchev–Trinajstić information content (AvgIpc) is 2.04. The molecule has 0 bridgehead atoms. The molecule has 1 aromatic rings. The fraction of sp³-hybridized carbons (Fsp3) is 0.143. The van der Waals surface area contributed by atoms with Gasteiger partial charge >= 0.3 is 0 Å². The second-order valence-electron chi connectivity index (χ2n) is 2.57. The second kappa shape index (κ2) is 4.17. The van der Waals surface area contributed by atoms with Gasteiger partial charge in [-0.25, -0.2) is 0 Å². The molecule has 0 aliphatic heterocycles. The van der Waals surface area contributed by atoms with Gasteiger partial charge in [0.25, 0.3) is 0 Å². The molecule has 0 aliphatic rings. The van der Waals surface area contributed by atoms with Crippen LogP contribution in [0.25, 0.3) is 0 Å². The van der Waals surface area contributed by atoms with Gasteiger partial charge in [0.2, 0.25) is 0 Å². The summed E-state index contributed by atoms with van der Waals surface area (Å²) in [7, 11) is 0. The molecule has 0 saturated carbocycles. The van der Waals surface area contributed by atoms with Gasteiger partial charge in [-0.05, 0) is 17.7 Å². The number of hydrazine groups is 2. The van der Waals surface area contributed by atoms with Gasteiger partial charge < -0.3 is 20.8 Å². The molecule has 1 aromatic carbocycles. The Morgan fingerprint density at radius 3 is 2.00 bits per heavy atom. The summed E-state index contributed by atoms with van der Waals surface area (Å²) in [6.45, 7) is 0.0870. The van der Waals surface area contributed by atoms with Crippen molar-refractivity contribution in [3.8, 4) is 0 Å². The number of anilines is 1. The zero-order valence-corrected chi connectivity index (χ0v) is 6.88. The highest BCUT2D eigenvalue weighted by molar-refractivity contribution is 5.46. The van der Waals surface area contributed by atoms with Crippen LogP contribution in [-0.4, -0.2) is 5.17 Å². The Hall–Kier alpha value is -1.18. The van der Waals surface area contributed by atoms with Crippen molar-refractivity contribution < 1.29 is 0 Å². The fourth-order valence-corrected chi connectivity index (χ4v) is 0.928. The Balaban J connectivity index is 2.70. The highest BCUT2D eigenvalue weighted by atomic mass is 16.5. The van der Waals surface area contributed by atoms with Crippen molar-refractivity contribution in [3.05, 3.63) is 40.2 Å². The number of hydrogen-bond acceptors (Lipinski definition) is 6. The highest BCUT2D eigenvalue weighted by Crippen LogP contribution is 2.11. The van der Waals surface area contributed by atoms with Crippen molar-refractivity contribution in [2.75, 3.05) is 5.17 Å². The van der Waals surface area contributed by atoms with E-state index in [1.807, 2.05) is 0 Å². The summed E-state index contributed by atoms with van der Waals surface area (Å²) in [6, 6.07) is 6.27. The van der Waals surface area contributed by atoms with E-state index in [1.54, 1.807) is 12.1 Å². The molecular formula is C7H10N4O2-2. The molecule has 6 heteroatoms. The van der Waals surface area contributed by atoms with E-state index in [2.05, 4.69) is 0 Å². The third-order valence-electron chi connectivity index (χ3n) is 1.53. The van der Waals surface area contributed by atoms with Crippen LogP contribution in [-0.2, 0) is 6.54 Å². The summed E-state index contributed by atoms with van der Waals surface area (Å²) in [5, 5.41) is 21.6. The van der Waals surface area contributed by atoms with Crippen molar-refractivity contribution in [1.82, 2.24) is 5.17 Å². The number of hydroxylamine groups is 1. The van der Waals surface area contributed by atoms with E-state index in [0.29, 0.717) is 10.9 Å². The fourth-order valence-electron chi connectivity index (χ4n) is 0.928. The highest BCUT2D eigenvalue weighted by Gasteiger charge is 1.93. The summed E-state index contributed by atoms with van der Waals surface area (Å²) in [4.78, 5) is 0. The Bertz CT molecular complexity index is 260. The van der Waals surface area contributed by atoms with E-state index in [1.165, 1.54) is 12.1 Å². The van der Waals surface area contributed by atoms with Crippen LogP contribution >= 0.6 is 0 Å². The molecule has 13 heavy (non-hydrogen) atoms. The number of hydrogen-bond donors (Lipinski definition) is 2. The van der Waals surface area contributed by atoms with Crippen LogP contribution in [0, 0.1) is 10.4 Å². The predicted molar refractivity (Wildman–Crippen MR) is 49.6 cm³/mol. The third-order valence-corrected chi connectivity index (χ3v) is 1.53. The molecule has 0 amide bonds. The maximum Gasteiger partial charge on any atom is 0.0403 e. The van der Waals surface area contributed by atoms with Crippen molar-refractivity contribution in [2.45, 2.75) is 6.54 Å². The lowest BCUT2D eigenvalue weighted by molar-refractivity contribution is 0.389. The van der Waals surface area contributed by atoms with Crippen LogP contribution in [0.3, 0.4) is 0 Å². The van der Waals surface area contributed by atoms with Crippen LogP contribution in [0.1, 0.15) is 5.56 Å². The van der Waals surface area contributed by atoms with Crippen LogP contribution in [0.4, 0.5) is 5.69 Å². The Morgan fingerprint density at radius 2 is 1.62 bits per heavy atom. The predicted octanol–water partition coefficient (Wildman–Crippen LogP) is 0.0380. The van der Waals surface area contributed by atoms with Gasteiger partial charge in [0.15, 0.2) is 0 Å². The van der Waals surface area contributed by atoms with Gasteiger partial charge in [-0.2, -0.15) is 0 Å². The van der Waals surface area contributed by atoms with E-state index in [4.69, 9.17) is 11.7 Å². The molecule has 6 nitrogen and oxygen atoms in total. The van der Waals surface area contributed by atoms with Gasteiger partial charge in [-0.3, -0.25) is 11.7 Å². The Morgan fingerprint density at radius 1 is 1.08 bits per heavy atom. The Labute approximate surface area is 75.4 Å². The quantitative estimate of drug-likeness (QED) is 0.505. The lowest BCUT2D eigenvalue weighted by Crippen LogP contribution is -2.24. The summed E-state index contributed by atoms with van der Waals surface area (Å²) >= 11 is 0. The van der Waals surface area contributed by atoms with Crippen LogP contribution in [0.15, 0.2) is 24.3 Å². The molecule has 0 fully saturated rings. The first-order valence-corrected chi connectivity index (χ1v) is 3.60. The number of nitrogens with two attached hydrogens (primary N) is 2. The van der Waals surface area contributed by atoms with E-state index < -0.39 is 0 Å². The minimum absolute atomic E-state index is 0.0870. The number of benzene rings is 1. The lowest BCUT2D eigenvalue weighted by atomic mass is 10.2. The smallest absolute Gasteiger partial charge is 0.0403 e. The van der Waals surface area contributed by atoms with Gasteiger partial charge in [-0.1, -0.05) is 12.1 Å². The molecule has 0 saturated heterocycles. The molecule has 0 aromatic heterocycles.